The Morgan fingerprint density at radius 1 is 1.32 bits per heavy atom. The molecule has 1 heterocycles. The van der Waals surface area contributed by atoms with Gasteiger partial charge in [-0.25, -0.2) is 4.79 Å². The first-order valence-corrected chi connectivity index (χ1v) is 6.51. The van der Waals surface area contributed by atoms with Gasteiger partial charge in [0.2, 0.25) is 0 Å². The fraction of sp³-hybridized carbons (Fsp3) is 0.846. The number of hydrogen-bond donors (Lipinski definition) is 1. The Balaban J connectivity index is 0.00000361. The van der Waals surface area contributed by atoms with Crippen LogP contribution in [0.2, 0.25) is 0 Å². The average Bonchev–Trinajstić information content (AvgIpc) is 2.26. The molecular formula is C13H26N2O4. The Labute approximate surface area is 115 Å². The number of carbonyl (C=O) groups excluding carboxylic acids is 2. The SMILES string of the molecule is CN(C)C(=O)[C@@H]1CC[C@@H](NC(=O)OC(C)(C)C)CO1.[HH]. The Kier molecular flexibility index (Phi) is 5.17. The highest BCUT2D eigenvalue weighted by molar-refractivity contribution is 5.80. The fourth-order valence-electron chi connectivity index (χ4n) is 1.82. The van der Waals surface area contributed by atoms with Gasteiger partial charge in [0.05, 0.1) is 12.6 Å². The van der Waals surface area contributed by atoms with Crippen LogP contribution in [0, 0.1) is 0 Å². The minimum absolute atomic E-state index is 0. The van der Waals surface area contributed by atoms with Crippen LogP contribution < -0.4 is 5.32 Å². The second-order valence-electron chi connectivity index (χ2n) is 5.98. The molecule has 1 aliphatic rings. The second-order valence-corrected chi connectivity index (χ2v) is 5.98. The van der Waals surface area contributed by atoms with Crippen molar-refractivity contribution < 1.29 is 20.5 Å². The quantitative estimate of drug-likeness (QED) is 0.826. The number of nitrogens with zero attached hydrogens (tertiary/aromatic N) is 1. The molecule has 0 bridgehead atoms. The Morgan fingerprint density at radius 2 is 1.95 bits per heavy atom. The third-order valence-corrected chi connectivity index (χ3v) is 2.71. The van der Waals surface area contributed by atoms with Gasteiger partial charge in [0.1, 0.15) is 11.7 Å². The molecule has 0 unspecified atom stereocenters. The standard InChI is InChI=1S/C13H24N2O4.H2/c1-13(2,3)19-12(17)14-9-6-7-10(18-8-9)11(16)15(4)5;/h9-10H,6-8H2,1-5H3,(H,14,17);1H/t9-,10+;/m1./s1. The van der Waals surface area contributed by atoms with E-state index in [9.17, 15) is 9.59 Å². The molecule has 112 valence electrons. The zero-order valence-corrected chi connectivity index (χ0v) is 12.4. The van der Waals surface area contributed by atoms with Crippen LogP contribution in [0.25, 0.3) is 0 Å². The smallest absolute Gasteiger partial charge is 0.407 e. The zero-order chi connectivity index (χ0) is 14.6. The van der Waals surface area contributed by atoms with Gasteiger partial charge in [0.25, 0.3) is 5.91 Å². The molecule has 0 radical (unpaired) electrons. The number of nitrogens with one attached hydrogen (secondary N) is 1. The first-order valence-electron chi connectivity index (χ1n) is 6.51. The summed E-state index contributed by atoms with van der Waals surface area (Å²) in [5.74, 6) is -0.0317. The first kappa shape index (κ1) is 15.8. The van der Waals surface area contributed by atoms with E-state index in [0.29, 0.717) is 19.4 Å². The van der Waals surface area contributed by atoms with E-state index in [1.54, 1.807) is 14.1 Å². The monoisotopic (exact) mass is 274 g/mol. The van der Waals surface area contributed by atoms with Crippen molar-refractivity contribution in [2.24, 2.45) is 0 Å². The molecule has 1 N–H and O–H groups in total. The normalized spacial score (nSPS) is 23.6. The largest absolute Gasteiger partial charge is 0.444 e. The van der Waals surface area contributed by atoms with Crippen LogP contribution in [0.4, 0.5) is 4.79 Å². The van der Waals surface area contributed by atoms with Crippen molar-refractivity contribution >= 4 is 12.0 Å². The van der Waals surface area contributed by atoms with E-state index in [-0.39, 0.29) is 13.4 Å². The lowest BCUT2D eigenvalue weighted by Gasteiger charge is -2.30. The number of rotatable bonds is 2. The second kappa shape index (κ2) is 6.23. The molecular weight excluding hydrogens is 248 g/mol. The summed E-state index contributed by atoms with van der Waals surface area (Å²) in [5.41, 5.74) is -0.511. The summed E-state index contributed by atoms with van der Waals surface area (Å²) in [6, 6.07) is -0.0962. The van der Waals surface area contributed by atoms with Gasteiger partial charge in [0.15, 0.2) is 0 Å². The van der Waals surface area contributed by atoms with E-state index in [0.717, 1.165) is 0 Å². The van der Waals surface area contributed by atoms with Crippen LogP contribution in [0.5, 0.6) is 0 Å². The number of carbonyl (C=O) groups is 2. The summed E-state index contributed by atoms with van der Waals surface area (Å²) in [4.78, 5) is 24.8. The van der Waals surface area contributed by atoms with Crippen molar-refractivity contribution in [3.63, 3.8) is 0 Å². The molecule has 2 atom stereocenters. The number of ether oxygens (including phenoxy) is 2. The van der Waals surface area contributed by atoms with Crippen molar-refractivity contribution in [3.05, 3.63) is 0 Å². The Bertz CT molecular complexity index is 334. The summed E-state index contributed by atoms with van der Waals surface area (Å²) in [7, 11) is 3.41. The number of hydrogen-bond acceptors (Lipinski definition) is 4. The molecule has 1 fully saturated rings. The summed E-state index contributed by atoms with van der Waals surface area (Å²) in [5, 5.41) is 2.75. The third kappa shape index (κ3) is 5.46. The maximum absolute atomic E-state index is 11.7. The molecule has 2 amide bonds. The average molecular weight is 274 g/mol. The Morgan fingerprint density at radius 3 is 2.37 bits per heavy atom. The van der Waals surface area contributed by atoms with Crippen molar-refractivity contribution in [2.45, 2.75) is 51.4 Å². The van der Waals surface area contributed by atoms with E-state index in [1.165, 1.54) is 4.90 Å². The highest BCUT2D eigenvalue weighted by Crippen LogP contribution is 2.16. The number of amides is 2. The summed E-state index contributed by atoms with van der Waals surface area (Å²) >= 11 is 0. The maximum atomic E-state index is 11.7. The van der Waals surface area contributed by atoms with Crippen molar-refractivity contribution in [1.29, 1.82) is 0 Å². The van der Waals surface area contributed by atoms with Crippen LogP contribution in [0.3, 0.4) is 0 Å². The fourth-order valence-corrected chi connectivity index (χ4v) is 1.82. The third-order valence-electron chi connectivity index (χ3n) is 2.71. The van der Waals surface area contributed by atoms with Gasteiger partial charge in [-0.1, -0.05) is 0 Å². The minimum Gasteiger partial charge on any atom is -0.444 e. The predicted molar refractivity (Wildman–Crippen MR) is 72.9 cm³/mol. The van der Waals surface area contributed by atoms with Gasteiger partial charge in [-0.3, -0.25) is 4.79 Å². The molecule has 1 aliphatic heterocycles. The maximum Gasteiger partial charge on any atom is 0.407 e. The predicted octanol–water partition coefficient (Wildman–Crippen LogP) is 1.39. The molecule has 1 saturated heterocycles. The van der Waals surface area contributed by atoms with Crippen LogP contribution in [0.1, 0.15) is 35.0 Å². The highest BCUT2D eigenvalue weighted by atomic mass is 16.6. The molecule has 6 nitrogen and oxygen atoms in total. The topological polar surface area (TPSA) is 67.9 Å². The van der Waals surface area contributed by atoms with Gasteiger partial charge in [-0.15, -0.1) is 0 Å². The lowest BCUT2D eigenvalue weighted by Crippen LogP contribution is -2.47. The molecule has 0 aromatic rings. The van der Waals surface area contributed by atoms with Gasteiger partial charge in [-0.05, 0) is 33.6 Å². The lowest BCUT2D eigenvalue weighted by molar-refractivity contribution is -0.144. The Hall–Kier alpha value is -1.30. The van der Waals surface area contributed by atoms with Crippen LogP contribution in [-0.4, -0.2) is 55.3 Å². The van der Waals surface area contributed by atoms with Gasteiger partial charge in [-0.2, -0.15) is 0 Å². The number of likely N-dealkylation sites (N-methyl/N-ethyl adjacent to an activating group) is 1. The molecule has 6 heteroatoms. The number of alkyl carbamates (subject to hydrolysis) is 1. The highest BCUT2D eigenvalue weighted by Gasteiger charge is 2.29. The molecule has 19 heavy (non-hydrogen) atoms. The molecule has 1 rings (SSSR count). The molecule has 0 aromatic carbocycles. The molecule has 0 spiro atoms. The van der Waals surface area contributed by atoms with E-state index in [2.05, 4.69) is 5.32 Å². The van der Waals surface area contributed by atoms with Crippen molar-refractivity contribution in [1.82, 2.24) is 10.2 Å². The summed E-state index contributed by atoms with van der Waals surface area (Å²) < 4.78 is 10.7. The van der Waals surface area contributed by atoms with Crippen molar-refractivity contribution in [3.8, 4) is 0 Å². The van der Waals surface area contributed by atoms with Gasteiger partial charge >= 0.3 is 6.09 Å². The van der Waals surface area contributed by atoms with Crippen LogP contribution in [0.15, 0.2) is 0 Å². The van der Waals surface area contributed by atoms with E-state index < -0.39 is 17.8 Å². The lowest BCUT2D eigenvalue weighted by atomic mass is 10.0. The molecule has 0 aromatic heterocycles. The zero-order valence-electron chi connectivity index (χ0n) is 12.4. The minimum atomic E-state index is -0.511. The van der Waals surface area contributed by atoms with Gasteiger partial charge in [0, 0.05) is 15.5 Å². The van der Waals surface area contributed by atoms with Crippen LogP contribution in [-0.2, 0) is 14.3 Å². The summed E-state index contributed by atoms with van der Waals surface area (Å²) in [6.45, 7) is 5.78. The first-order chi connectivity index (χ1) is 8.69. The molecule has 0 saturated carbocycles. The van der Waals surface area contributed by atoms with Gasteiger partial charge < -0.3 is 19.7 Å². The van der Waals surface area contributed by atoms with E-state index in [4.69, 9.17) is 9.47 Å². The van der Waals surface area contributed by atoms with E-state index in [1.807, 2.05) is 20.8 Å². The van der Waals surface area contributed by atoms with E-state index >= 15 is 0 Å². The summed E-state index contributed by atoms with van der Waals surface area (Å²) in [6.07, 6.45) is 0.478. The molecule has 0 aliphatic carbocycles. The van der Waals surface area contributed by atoms with Crippen molar-refractivity contribution in [2.75, 3.05) is 20.7 Å². The van der Waals surface area contributed by atoms with Crippen LogP contribution >= 0.6 is 0 Å².